The van der Waals surface area contributed by atoms with E-state index in [1.54, 1.807) is 25.6 Å². The van der Waals surface area contributed by atoms with E-state index in [2.05, 4.69) is 15.3 Å². The second-order valence-corrected chi connectivity index (χ2v) is 7.72. The number of pyridine rings is 2. The summed E-state index contributed by atoms with van der Waals surface area (Å²) in [4.78, 5) is 35.0. The zero-order valence-corrected chi connectivity index (χ0v) is 18.7. The maximum atomic E-state index is 12.8. The summed E-state index contributed by atoms with van der Waals surface area (Å²) in [7, 11) is 2.96. The third-order valence-electron chi connectivity index (χ3n) is 5.14. The van der Waals surface area contributed by atoms with Crippen molar-refractivity contribution in [2.45, 2.75) is 25.2 Å². The molecule has 0 spiro atoms. The van der Waals surface area contributed by atoms with E-state index < -0.39 is 5.91 Å². The summed E-state index contributed by atoms with van der Waals surface area (Å²) >= 11 is 6.02. The third-order valence-corrected chi connectivity index (χ3v) is 5.45. The van der Waals surface area contributed by atoms with Crippen LogP contribution in [0.5, 0.6) is 5.88 Å². The van der Waals surface area contributed by atoms with Crippen LogP contribution in [0.4, 0.5) is 5.82 Å². The van der Waals surface area contributed by atoms with Gasteiger partial charge >= 0.3 is 5.97 Å². The van der Waals surface area contributed by atoms with Crippen LogP contribution in [-0.2, 0) is 20.9 Å². The Kier molecular flexibility index (Phi) is 8.20. The van der Waals surface area contributed by atoms with Crippen LogP contribution in [0.3, 0.4) is 0 Å². The molecule has 1 aliphatic heterocycles. The Labute approximate surface area is 191 Å². The Morgan fingerprint density at radius 2 is 2.19 bits per heavy atom. The van der Waals surface area contributed by atoms with E-state index in [0.717, 1.165) is 5.56 Å². The van der Waals surface area contributed by atoms with Gasteiger partial charge in [0.15, 0.2) is 0 Å². The Morgan fingerprint density at radius 3 is 2.88 bits per heavy atom. The van der Waals surface area contributed by atoms with E-state index in [0.29, 0.717) is 19.5 Å². The number of amides is 1. The average molecular weight is 464 g/mol. The first-order valence-electron chi connectivity index (χ1n) is 10.0. The van der Waals surface area contributed by atoms with Crippen molar-refractivity contribution in [2.24, 2.45) is 0 Å². The van der Waals surface area contributed by atoms with Gasteiger partial charge in [-0.05, 0) is 18.6 Å². The number of aromatic nitrogens is 2. The molecule has 0 radical (unpaired) electrons. The topological polar surface area (TPSA) is 129 Å². The number of ether oxygens (including phenoxy) is 3. The standard InChI is InChI=1S/C21H26ClN5O5/c1-30-17-10-27(11-18(28)32-12-13-4-3-6-24-9-13)7-5-16(17)25-20(29)14-8-15(22)19(23)26-21(14)31-2/h3-4,6,8-9,16-17H,5,7,10-12H2,1-2H3,(H2,23,26)(H,25,29)/t16-,17+/m0/s1. The molecule has 0 aromatic carbocycles. The van der Waals surface area contributed by atoms with Gasteiger partial charge in [0.1, 0.15) is 18.0 Å². The summed E-state index contributed by atoms with van der Waals surface area (Å²) in [6, 6.07) is 4.79. The SMILES string of the molecule is COc1nc(N)c(Cl)cc1C(=O)N[C@H]1CCN(CC(=O)OCc2cccnc2)C[C@H]1OC. The molecule has 32 heavy (non-hydrogen) atoms. The Hall–Kier alpha value is -2.95. The Balaban J connectivity index is 1.55. The molecule has 1 amide bonds. The minimum Gasteiger partial charge on any atom is -0.480 e. The summed E-state index contributed by atoms with van der Waals surface area (Å²) in [6.07, 6.45) is 3.58. The first kappa shape index (κ1) is 23.7. The molecule has 2 atom stereocenters. The Morgan fingerprint density at radius 1 is 1.38 bits per heavy atom. The molecule has 0 bridgehead atoms. The average Bonchev–Trinajstić information content (AvgIpc) is 2.80. The predicted octanol–water partition coefficient (Wildman–Crippen LogP) is 1.28. The molecule has 0 aliphatic carbocycles. The van der Waals surface area contributed by atoms with E-state index in [1.807, 2.05) is 11.0 Å². The van der Waals surface area contributed by atoms with Crippen molar-refractivity contribution >= 4 is 29.3 Å². The fraction of sp³-hybridized carbons (Fsp3) is 0.429. The van der Waals surface area contributed by atoms with Gasteiger partial charge in [0.2, 0.25) is 5.88 Å². The summed E-state index contributed by atoms with van der Waals surface area (Å²) in [6.45, 7) is 1.35. The van der Waals surface area contributed by atoms with Crippen molar-refractivity contribution < 1.29 is 23.8 Å². The molecule has 0 unspecified atom stereocenters. The molecule has 10 nitrogen and oxygen atoms in total. The van der Waals surface area contributed by atoms with Crippen LogP contribution in [0.1, 0.15) is 22.3 Å². The third kappa shape index (κ3) is 6.06. The highest BCUT2D eigenvalue weighted by Gasteiger charge is 2.32. The number of nitrogens with one attached hydrogen (secondary N) is 1. The molecule has 3 N–H and O–H groups in total. The monoisotopic (exact) mass is 463 g/mol. The summed E-state index contributed by atoms with van der Waals surface area (Å²) in [5.74, 6) is -0.558. The minimum absolute atomic E-state index is 0.0820. The lowest BCUT2D eigenvalue weighted by Gasteiger charge is -2.37. The molecule has 2 aromatic heterocycles. The maximum absolute atomic E-state index is 12.8. The quantitative estimate of drug-likeness (QED) is 0.556. The van der Waals surface area contributed by atoms with E-state index >= 15 is 0 Å². The molecule has 1 saturated heterocycles. The number of carbonyl (C=O) groups is 2. The lowest BCUT2D eigenvalue weighted by molar-refractivity contribution is -0.147. The number of nitrogens with two attached hydrogens (primary N) is 1. The van der Waals surface area contributed by atoms with Gasteiger partial charge in [-0.3, -0.25) is 19.5 Å². The van der Waals surface area contributed by atoms with Crippen LogP contribution in [0.2, 0.25) is 5.02 Å². The molecular formula is C21H26ClN5O5. The number of nitrogens with zero attached hydrogens (tertiary/aromatic N) is 3. The highest BCUT2D eigenvalue weighted by Crippen LogP contribution is 2.25. The molecule has 1 fully saturated rings. The van der Waals surface area contributed by atoms with Crippen molar-refractivity contribution in [1.82, 2.24) is 20.2 Å². The zero-order valence-electron chi connectivity index (χ0n) is 17.9. The Bertz CT molecular complexity index is 946. The van der Waals surface area contributed by atoms with E-state index in [9.17, 15) is 9.59 Å². The van der Waals surface area contributed by atoms with Gasteiger partial charge in [0.25, 0.3) is 5.91 Å². The number of hydrogen-bond donors (Lipinski definition) is 2. The van der Waals surface area contributed by atoms with Crippen molar-refractivity contribution in [2.75, 3.05) is 39.6 Å². The number of hydrogen-bond acceptors (Lipinski definition) is 9. The van der Waals surface area contributed by atoms with Gasteiger partial charge in [-0.25, -0.2) is 0 Å². The lowest BCUT2D eigenvalue weighted by atomic mass is 10.0. The van der Waals surface area contributed by atoms with Gasteiger partial charge < -0.3 is 25.3 Å². The van der Waals surface area contributed by atoms with Gasteiger partial charge in [-0.15, -0.1) is 0 Å². The van der Waals surface area contributed by atoms with E-state index in [1.165, 1.54) is 13.2 Å². The van der Waals surface area contributed by atoms with Crippen LogP contribution < -0.4 is 15.8 Å². The van der Waals surface area contributed by atoms with Crippen LogP contribution in [0, 0.1) is 0 Å². The van der Waals surface area contributed by atoms with Crippen LogP contribution in [0.25, 0.3) is 0 Å². The molecule has 3 rings (SSSR count). The van der Waals surface area contributed by atoms with Crippen LogP contribution >= 0.6 is 11.6 Å². The molecule has 1 aliphatic rings. The van der Waals surface area contributed by atoms with Gasteiger partial charge in [-0.1, -0.05) is 17.7 Å². The molecular weight excluding hydrogens is 438 g/mol. The number of carbonyl (C=O) groups excluding carboxylic acids is 2. The van der Waals surface area contributed by atoms with Crippen LogP contribution in [-0.4, -0.2) is 72.7 Å². The summed E-state index contributed by atoms with van der Waals surface area (Å²) in [5.41, 5.74) is 6.69. The summed E-state index contributed by atoms with van der Waals surface area (Å²) < 4.78 is 16.0. The number of likely N-dealkylation sites (tertiary alicyclic amines) is 1. The number of halogens is 1. The number of anilines is 1. The zero-order chi connectivity index (χ0) is 23.1. The van der Waals surface area contributed by atoms with Gasteiger partial charge in [-0.2, -0.15) is 4.98 Å². The van der Waals surface area contributed by atoms with Crippen molar-refractivity contribution in [3.63, 3.8) is 0 Å². The van der Waals surface area contributed by atoms with Crippen LogP contribution in [0.15, 0.2) is 30.6 Å². The van der Waals surface area contributed by atoms with Gasteiger partial charge in [0, 0.05) is 38.2 Å². The second kappa shape index (κ2) is 11.1. The highest BCUT2D eigenvalue weighted by molar-refractivity contribution is 6.33. The molecule has 0 saturated carbocycles. The number of esters is 1. The highest BCUT2D eigenvalue weighted by atomic mass is 35.5. The summed E-state index contributed by atoms with van der Waals surface area (Å²) in [5, 5.41) is 3.11. The lowest BCUT2D eigenvalue weighted by Crippen LogP contribution is -2.55. The number of nitrogen functional groups attached to an aromatic ring is 1. The number of rotatable bonds is 8. The van der Waals surface area contributed by atoms with Crippen molar-refractivity contribution in [3.8, 4) is 5.88 Å². The first-order valence-corrected chi connectivity index (χ1v) is 10.4. The minimum atomic E-state index is -0.396. The van der Waals surface area contributed by atoms with Crippen molar-refractivity contribution in [1.29, 1.82) is 0 Å². The fourth-order valence-corrected chi connectivity index (χ4v) is 3.60. The molecule has 172 valence electrons. The fourth-order valence-electron chi connectivity index (χ4n) is 3.45. The van der Waals surface area contributed by atoms with Gasteiger partial charge in [0.05, 0.1) is 30.8 Å². The number of piperidine rings is 1. The maximum Gasteiger partial charge on any atom is 0.320 e. The molecule has 2 aromatic rings. The normalized spacial score (nSPS) is 18.7. The number of methoxy groups -OCH3 is 2. The second-order valence-electron chi connectivity index (χ2n) is 7.31. The van der Waals surface area contributed by atoms with E-state index in [4.69, 9.17) is 31.5 Å². The molecule has 11 heteroatoms. The molecule has 3 heterocycles. The predicted molar refractivity (Wildman–Crippen MR) is 117 cm³/mol. The largest absolute Gasteiger partial charge is 0.480 e. The first-order chi connectivity index (χ1) is 15.4. The van der Waals surface area contributed by atoms with Crippen molar-refractivity contribution in [3.05, 3.63) is 46.7 Å². The van der Waals surface area contributed by atoms with E-state index in [-0.39, 0.29) is 53.6 Å². The smallest absolute Gasteiger partial charge is 0.320 e.